The minimum absolute atomic E-state index is 0.0717. The second kappa shape index (κ2) is 8.48. The van der Waals surface area contributed by atoms with Crippen LogP contribution >= 0.6 is 0 Å². The molecule has 17 heavy (non-hydrogen) atoms. The number of hydrogen-bond acceptors (Lipinski definition) is 3. The molecule has 0 aromatic heterocycles. The van der Waals surface area contributed by atoms with Crippen LogP contribution in [-0.4, -0.2) is 38.8 Å². The van der Waals surface area contributed by atoms with E-state index in [1.165, 1.54) is 32.1 Å². The molecule has 4 nitrogen and oxygen atoms in total. The van der Waals surface area contributed by atoms with Gasteiger partial charge in [0.25, 0.3) is 0 Å². The average molecular weight is 242 g/mol. The normalized spacial score (nSPS) is 24.6. The summed E-state index contributed by atoms with van der Waals surface area (Å²) in [6.45, 7) is 3.85. The van der Waals surface area contributed by atoms with E-state index in [1.54, 1.807) is 7.11 Å². The van der Waals surface area contributed by atoms with E-state index in [4.69, 9.17) is 4.74 Å². The van der Waals surface area contributed by atoms with Gasteiger partial charge < -0.3 is 15.4 Å². The Morgan fingerprint density at radius 3 is 2.82 bits per heavy atom. The molecule has 0 aromatic carbocycles. The lowest BCUT2D eigenvalue weighted by atomic mass is 9.83. The highest BCUT2D eigenvalue weighted by Crippen LogP contribution is 2.26. The van der Waals surface area contributed by atoms with Crippen LogP contribution in [0.15, 0.2) is 0 Å². The molecule has 1 aliphatic carbocycles. The zero-order valence-corrected chi connectivity index (χ0v) is 11.1. The molecule has 2 unspecified atom stereocenters. The van der Waals surface area contributed by atoms with Crippen LogP contribution in [0.2, 0.25) is 0 Å². The van der Waals surface area contributed by atoms with Gasteiger partial charge in [-0.1, -0.05) is 26.2 Å². The Balaban J connectivity index is 2.17. The molecule has 0 radical (unpaired) electrons. The summed E-state index contributed by atoms with van der Waals surface area (Å²) < 4.78 is 4.89. The van der Waals surface area contributed by atoms with E-state index in [0.717, 1.165) is 5.92 Å². The van der Waals surface area contributed by atoms with Crippen molar-refractivity contribution in [3.8, 4) is 0 Å². The Hall–Kier alpha value is -0.610. The van der Waals surface area contributed by atoms with Crippen LogP contribution < -0.4 is 10.6 Å². The van der Waals surface area contributed by atoms with Crippen molar-refractivity contribution in [1.82, 2.24) is 10.6 Å². The van der Waals surface area contributed by atoms with E-state index in [-0.39, 0.29) is 5.91 Å². The summed E-state index contributed by atoms with van der Waals surface area (Å²) in [5.74, 6) is 0.818. The van der Waals surface area contributed by atoms with Crippen LogP contribution in [0.4, 0.5) is 0 Å². The predicted molar refractivity (Wildman–Crippen MR) is 68.9 cm³/mol. The van der Waals surface area contributed by atoms with Crippen LogP contribution in [0, 0.1) is 5.92 Å². The van der Waals surface area contributed by atoms with Gasteiger partial charge in [0.2, 0.25) is 5.91 Å². The van der Waals surface area contributed by atoms with Crippen molar-refractivity contribution in [2.75, 3.05) is 26.8 Å². The van der Waals surface area contributed by atoms with Gasteiger partial charge in [-0.15, -0.1) is 0 Å². The van der Waals surface area contributed by atoms with Crippen molar-refractivity contribution in [3.63, 3.8) is 0 Å². The largest absolute Gasteiger partial charge is 0.383 e. The third-order valence-corrected chi connectivity index (χ3v) is 3.59. The quantitative estimate of drug-likeness (QED) is 0.662. The van der Waals surface area contributed by atoms with Gasteiger partial charge >= 0.3 is 0 Å². The van der Waals surface area contributed by atoms with E-state index in [2.05, 4.69) is 17.6 Å². The standard InChI is InChI=1S/C13H26N2O2/c1-3-11-6-4-5-7-12(11)15-10-13(16)14-8-9-17-2/h11-12,15H,3-10H2,1-2H3,(H,14,16). The van der Waals surface area contributed by atoms with Crippen molar-refractivity contribution in [1.29, 1.82) is 0 Å². The maximum atomic E-state index is 11.5. The van der Waals surface area contributed by atoms with Gasteiger partial charge in [0.15, 0.2) is 0 Å². The van der Waals surface area contributed by atoms with Crippen LogP contribution in [0.1, 0.15) is 39.0 Å². The molecule has 1 aliphatic rings. The van der Waals surface area contributed by atoms with Crippen molar-refractivity contribution < 1.29 is 9.53 Å². The third-order valence-electron chi connectivity index (χ3n) is 3.59. The summed E-state index contributed by atoms with van der Waals surface area (Å²) in [6, 6.07) is 0.530. The summed E-state index contributed by atoms with van der Waals surface area (Å²) in [7, 11) is 1.64. The van der Waals surface area contributed by atoms with Gasteiger partial charge in [0.05, 0.1) is 13.2 Å². The number of carbonyl (C=O) groups excluding carboxylic acids is 1. The Morgan fingerprint density at radius 2 is 2.12 bits per heavy atom. The first kappa shape index (κ1) is 14.5. The Morgan fingerprint density at radius 1 is 1.35 bits per heavy atom. The zero-order chi connectivity index (χ0) is 12.5. The molecule has 1 fully saturated rings. The van der Waals surface area contributed by atoms with Crippen LogP contribution in [0.25, 0.3) is 0 Å². The van der Waals surface area contributed by atoms with Crippen molar-refractivity contribution in [2.45, 2.75) is 45.1 Å². The van der Waals surface area contributed by atoms with Gasteiger partial charge in [0, 0.05) is 19.7 Å². The molecule has 2 N–H and O–H groups in total. The Kier molecular flexibility index (Phi) is 7.21. The molecule has 0 aromatic rings. The van der Waals surface area contributed by atoms with E-state index in [9.17, 15) is 4.79 Å². The fourth-order valence-electron chi connectivity index (χ4n) is 2.54. The van der Waals surface area contributed by atoms with Gasteiger partial charge in [-0.2, -0.15) is 0 Å². The van der Waals surface area contributed by atoms with Gasteiger partial charge in [0.1, 0.15) is 0 Å². The minimum Gasteiger partial charge on any atom is -0.383 e. The number of nitrogens with one attached hydrogen (secondary N) is 2. The molecule has 4 heteroatoms. The molecule has 0 saturated heterocycles. The van der Waals surface area contributed by atoms with Crippen molar-refractivity contribution in [3.05, 3.63) is 0 Å². The Labute approximate surface area is 104 Å². The lowest BCUT2D eigenvalue weighted by molar-refractivity contribution is -0.120. The molecule has 2 atom stereocenters. The van der Waals surface area contributed by atoms with E-state index >= 15 is 0 Å². The molecule has 100 valence electrons. The molecule has 1 saturated carbocycles. The van der Waals surface area contributed by atoms with Crippen molar-refractivity contribution in [2.24, 2.45) is 5.92 Å². The lowest BCUT2D eigenvalue weighted by Gasteiger charge is -2.31. The van der Waals surface area contributed by atoms with E-state index in [0.29, 0.717) is 25.7 Å². The van der Waals surface area contributed by atoms with Crippen LogP contribution in [0.3, 0.4) is 0 Å². The number of ether oxygens (including phenoxy) is 1. The average Bonchev–Trinajstić information content (AvgIpc) is 2.37. The van der Waals surface area contributed by atoms with Crippen LogP contribution in [-0.2, 0) is 9.53 Å². The molecule has 0 aliphatic heterocycles. The Bertz CT molecular complexity index is 221. The topological polar surface area (TPSA) is 50.4 Å². The molecule has 0 heterocycles. The molecule has 1 amide bonds. The highest BCUT2D eigenvalue weighted by Gasteiger charge is 2.23. The summed E-state index contributed by atoms with van der Waals surface area (Å²) >= 11 is 0. The minimum atomic E-state index is 0.0717. The first-order valence-electron chi connectivity index (χ1n) is 6.77. The fourth-order valence-corrected chi connectivity index (χ4v) is 2.54. The van der Waals surface area contributed by atoms with Crippen LogP contribution in [0.5, 0.6) is 0 Å². The van der Waals surface area contributed by atoms with Gasteiger partial charge in [-0.25, -0.2) is 0 Å². The zero-order valence-electron chi connectivity index (χ0n) is 11.1. The smallest absolute Gasteiger partial charge is 0.234 e. The second-order valence-electron chi connectivity index (χ2n) is 4.78. The predicted octanol–water partition coefficient (Wildman–Crippen LogP) is 1.31. The van der Waals surface area contributed by atoms with Crippen molar-refractivity contribution >= 4 is 5.91 Å². The monoisotopic (exact) mass is 242 g/mol. The molecule has 1 rings (SSSR count). The van der Waals surface area contributed by atoms with Gasteiger partial charge in [-0.3, -0.25) is 4.79 Å². The number of rotatable bonds is 7. The summed E-state index contributed by atoms with van der Waals surface area (Å²) in [5.41, 5.74) is 0. The van der Waals surface area contributed by atoms with Gasteiger partial charge in [-0.05, 0) is 18.8 Å². The SMILES string of the molecule is CCC1CCCCC1NCC(=O)NCCOC. The number of hydrogen-bond donors (Lipinski definition) is 2. The number of amides is 1. The molecule has 0 spiro atoms. The molecular formula is C13H26N2O2. The molecule has 0 bridgehead atoms. The maximum absolute atomic E-state index is 11.5. The van der Waals surface area contributed by atoms with E-state index in [1.807, 2.05) is 0 Å². The van der Waals surface area contributed by atoms with E-state index < -0.39 is 0 Å². The highest BCUT2D eigenvalue weighted by atomic mass is 16.5. The summed E-state index contributed by atoms with van der Waals surface area (Å²) in [6.07, 6.45) is 6.36. The number of methoxy groups -OCH3 is 1. The number of carbonyl (C=O) groups is 1. The highest BCUT2D eigenvalue weighted by molar-refractivity contribution is 5.77. The first-order valence-corrected chi connectivity index (χ1v) is 6.77. The fraction of sp³-hybridized carbons (Fsp3) is 0.923. The third kappa shape index (κ3) is 5.50. The lowest BCUT2D eigenvalue weighted by Crippen LogP contribution is -2.44. The first-order chi connectivity index (χ1) is 8.27. The maximum Gasteiger partial charge on any atom is 0.234 e. The summed E-state index contributed by atoms with van der Waals surface area (Å²) in [5, 5.41) is 6.23. The second-order valence-corrected chi connectivity index (χ2v) is 4.78. The summed E-state index contributed by atoms with van der Waals surface area (Å²) in [4.78, 5) is 11.5. The molecular weight excluding hydrogens is 216 g/mol.